The number of nitrogens with zero attached hydrogens (tertiary/aromatic N) is 6. The number of aromatic nitrogens is 6. The number of fused-ring (bicyclic) bond motifs is 7. The second-order valence-corrected chi connectivity index (χ2v) is 14.9. The number of rotatable bonds is 6. The molecule has 0 radical (unpaired) electrons. The van der Waals surface area contributed by atoms with Crippen LogP contribution in [0.5, 0.6) is 0 Å². The first-order chi connectivity index (χ1) is 29.3. The summed E-state index contributed by atoms with van der Waals surface area (Å²) < 4.78 is 6.99. The fourth-order valence-corrected chi connectivity index (χ4v) is 9.10. The Kier molecular flexibility index (Phi) is 7.43. The minimum Gasteiger partial charge on any atom is -0.309 e. The summed E-state index contributed by atoms with van der Waals surface area (Å²) in [4.78, 5) is 14.5. The Morgan fingerprint density at radius 2 is 0.814 bits per heavy atom. The summed E-state index contributed by atoms with van der Waals surface area (Å²) in [6.07, 6.45) is 3.42. The Hall–Kier alpha value is -8.09. The molecule has 0 N–H and O–H groups in total. The van der Waals surface area contributed by atoms with E-state index in [4.69, 9.17) is 9.97 Å². The van der Waals surface area contributed by atoms with E-state index in [1.54, 1.807) is 12.5 Å². The van der Waals surface area contributed by atoms with Gasteiger partial charge in [0.15, 0.2) is 5.65 Å². The van der Waals surface area contributed by atoms with Crippen LogP contribution in [0.2, 0.25) is 0 Å². The molecule has 0 spiro atoms. The number of hydrogen-bond donors (Lipinski definition) is 0. The summed E-state index contributed by atoms with van der Waals surface area (Å²) in [6.45, 7) is 0. The van der Waals surface area contributed by atoms with Crippen LogP contribution in [0.25, 0.3) is 105 Å². The predicted molar refractivity (Wildman–Crippen MR) is 242 cm³/mol. The summed E-state index contributed by atoms with van der Waals surface area (Å²) in [5.74, 6) is 0.798. The lowest BCUT2D eigenvalue weighted by molar-refractivity contribution is 1.07. The third kappa shape index (κ3) is 5.17. The molecule has 0 aliphatic heterocycles. The summed E-state index contributed by atoms with van der Waals surface area (Å²) in [7, 11) is 0. The van der Waals surface area contributed by atoms with Crippen molar-refractivity contribution in [2.75, 3.05) is 0 Å². The molecule has 0 saturated heterocycles. The smallest absolute Gasteiger partial charge is 0.168 e. The molecule has 0 aliphatic carbocycles. The molecule has 4 heterocycles. The Labute approximate surface area is 339 Å². The van der Waals surface area contributed by atoms with E-state index < -0.39 is 0 Å². The van der Waals surface area contributed by atoms with E-state index in [1.165, 1.54) is 43.6 Å². The Morgan fingerprint density at radius 1 is 0.373 bits per heavy atom. The van der Waals surface area contributed by atoms with Crippen molar-refractivity contribution in [2.45, 2.75) is 0 Å². The zero-order valence-electron chi connectivity index (χ0n) is 31.8. The highest BCUT2D eigenvalue weighted by molar-refractivity contribution is 6.10. The topological polar surface area (TPSA) is 53.5 Å². The molecule has 0 fully saturated rings. The van der Waals surface area contributed by atoms with Gasteiger partial charge in [-0.15, -0.1) is 0 Å². The van der Waals surface area contributed by atoms with Crippen LogP contribution >= 0.6 is 0 Å². The highest BCUT2D eigenvalue weighted by atomic mass is 15.1. The van der Waals surface area contributed by atoms with Gasteiger partial charge in [-0.3, -0.25) is 4.57 Å². The normalized spacial score (nSPS) is 11.7. The minimum atomic E-state index is 0.727. The lowest BCUT2D eigenvalue weighted by Crippen LogP contribution is -2.04. The van der Waals surface area contributed by atoms with Gasteiger partial charge in [0.05, 0.1) is 34.0 Å². The van der Waals surface area contributed by atoms with E-state index in [0.717, 1.165) is 61.9 Å². The van der Waals surface area contributed by atoms with Crippen molar-refractivity contribution in [3.63, 3.8) is 0 Å². The van der Waals surface area contributed by atoms with E-state index in [2.05, 4.69) is 207 Å². The minimum absolute atomic E-state index is 0.727. The van der Waals surface area contributed by atoms with Crippen LogP contribution in [0.4, 0.5) is 0 Å². The Balaban J connectivity index is 1.14. The van der Waals surface area contributed by atoms with Crippen LogP contribution in [-0.2, 0) is 0 Å². The fraction of sp³-hybridized carbons (Fsp3) is 0. The molecule has 0 bridgehead atoms. The number of para-hydroxylation sites is 5. The maximum absolute atomic E-state index is 5.21. The maximum atomic E-state index is 5.21. The zero-order chi connectivity index (χ0) is 38.9. The van der Waals surface area contributed by atoms with Crippen LogP contribution in [0.3, 0.4) is 0 Å². The summed E-state index contributed by atoms with van der Waals surface area (Å²) in [5, 5.41) is 4.93. The quantitative estimate of drug-likeness (QED) is 0.170. The third-order valence-electron chi connectivity index (χ3n) is 11.6. The lowest BCUT2D eigenvalue weighted by atomic mass is 9.94. The molecular weight excluding hydrogens is 721 g/mol. The first-order valence-corrected chi connectivity index (χ1v) is 19.9. The van der Waals surface area contributed by atoms with Crippen LogP contribution in [0.1, 0.15) is 0 Å². The third-order valence-corrected chi connectivity index (χ3v) is 11.6. The summed E-state index contributed by atoms with van der Waals surface area (Å²) in [6, 6.07) is 69.4. The van der Waals surface area contributed by atoms with Gasteiger partial charge in [0.2, 0.25) is 0 Å². The molecule has 0 amide bonds. The van der Waals surface area contributed by atoms with E-state index >= 15 is 0 Å². The molecule has 12 aromatic rings. The van der Waals surface area contributed by atoms with Gasteiger partial charge >= 0.3 is 0 Å². The average Bonchev–Trinajstić information content (AvgIpc) is 3.97. The SMILES string of the molecule is c1ccc(-c2nc3cncnc3n2-c2c(-c3cccc(-n4c5ccccc5c5ccccc54)c3)cccc2-c2cccc(-n3c4ccccc4c4ccccc43)c2)cc1. The van der Waals surface area contributed by atoms with Gasteiger partial charge in [0, 0.05) is 49.6 Å². The van der Waals surface area contributed by atoms with Gasteiger partial charge < -0.3 is 9.13 Å². The molecule has 0 unspecified atom stereocenters. The van der Waals surface area contributed by atoms with Crippen molar-refractivity contribution in [1.29, 1.82) is 0 Å². The second kappa shape index (κ2) is 13.3. The molecule has 6 heteroatoms. The van der Waals surface area contributed by atoms with Gasteiger partial charge in [-0.2, -0.15) is 0 Å². The van der Waals surface area contributed by atoms with E-state index in [9.17, 15) is 0 Å². The van der Waals surface area contributed by atoms with Crippen molar-refractivity contribution in [3.8, 4) is 50.7 Å². The van der Waals surface area contributed by atoms with E-state index in [0.29, 0.717) is 0 Å². The largest absolute Gasteiger partial charge is 0.309 e. The molecule has 0 aliphatic rings. The highest BCUT2D eigenvalue weighted by Crippen LogP contribution is 2.42. The van der Waals surface area contributed by atoms with E-state index in [1.807, 2.05) is 6.07 Å². The number of imidazole rings is 1. The van der Waals surface area contributed by atoms with Crippen molar-refractivity contribution >= 4 is 54.8 Å². The van der Waals surface area contributed by atoms with Crippen molar-refractivity contribution in [2.24, 2.45) is 0 Å². The van der Waals surface area contributed by atoms with Gasteiger partial charge in [-0.25, -0.2) is 15.0 Å². The lowest BCUT2D eigenvalue weighted by Gasteiger charge is -2.20. The molecule has 4 aromatic heterocycles. The van der Waals surface area contributed by atoms with Gasteiger partial charge in [-0.05, 0) is 59.7 Å². The molecule has 59 heavy (non-hydrogen) atoms. The molecule has 12 rings (SSSR count). The van der Waals surface area contributed by atoms with Gasteiger partial charge in [-0.1, -0.05) is 146 Å². The molecule has 276 valence electrons. The molecular formula is C53H34N6. The first kappa shape index (κ1) is 33.1. The molecule has 0 atom stereocenters. The summed E-state index contributed by atoms with van der Waals surface area (Å²) in [5.41, 5.74) is 14.6. The molecule has 8 aromatic carbocycles. The number of benzene rings is 8. The van der Waals surface area contributed by atoms with Crippen LogP contribution < -0.4 is 0 Å². The fourth-order valence-electron chi connectivity index (χ4n) is 9.10. The van der Waals surface area contributed by atoms with E-state index in [-0.39, 0.29) is 0 Å². The Bertz CT molecular complexity index is 3290. The predicted octanol–water partition coefficient (Wildman–Crippen LogP) is 13.0. The van der Waals surface area contributed by atoms with Gasteiger partial charge in [0.1, 0.15) is 17.7 Å². The first-order valence-electron chi connectivity index (χ1n) is 19.9. The molecule has 6 nitrogen and oxygen atoms in total. The number of hydrogen-bond acceptors (Lipinski definition) is 3. The highest BCUT2D eigenvalue weighted by Gasteiger charge is 2.23. The van der Waals surface area contributed by atoms with Crippen molar-refractivity contribution in [1.82, 2.24) is 28.7 Å². The monoisotopic (exact) mass is 754 g/mol. The summed E-state index contributed by atoms with van der Waals surface area (Å²) >= 11 is 0. The van der Waals surface area contributed by atoms with Crippen LogP contribution in [0, 0.1) is 0 Å². The van der Waals surface area contributed by atoms with Crippen molar-refractivity contribution in [3.05, 3.63) is 207 Å². The zero-order valence-corrected chi connectivity index (χ0v) is 31.8. The van der Waals surface area contributed by atoms with Crippen LogP contribution in [-0.4, -0.2) is 28.7 Å². The molecule has 0 saturated carbocycles. The average molecular weight is 755 g/mol. The van der Waals surface area contributed by atoms with Crippen LogP contribution in [0.15, 0.2) is 207 Å². The standard InChI is InChI=1S/C53H34N6/c1-2-15-35(16-3-1)52-56-46-33-54-34-55-53(46)59(52)51-40(36-17-12-19-38(31-36)57-47-27-8-4-21-42(47)43-22-5-9-28-48(43)57)25-14-26-41(51)37-18-13-20-39(32-37)58-49-29-10-6-23-44(49)45-24-7-11-30-50(45)58/h1-34H. The second-order valence-electron chi connectivity index (χ2n) is 14.9. The maximum Gasteiger partial charge on any atom is 0.168 e. The Morgan fingerprint density at radius 3 is 1.32 bits per heavy atom. The van der Waals surface area contributed by atoms with Crippen molar-refractivity contribution < 1.29 is 0 Å². The van der Waals surface area contributed by atoms with Gasteiger partial charge in [0.25, 0.3) is 0 Å².